The number of nitrogens with zero attached hydrogens (tertiary/aromatic N) is 1. The molecule has 3 rings (SSSR count). The summed E-state index contributed by atoms with van der Waals surface area (Å²) in [5.41, 5.74) is 2.09. The molecule has 2 aromatic rings. The van der Waals surface area contributed by atoms with Gasteiger partial charge in [-0.05, 0) is 73.9 Å². The first-order chi connectivity index (χ1) is 15.6. The van der Waals surface area contributed by atoms with Crippen LogP contribution < -0.4 is 29.6 Å². The smallest absolute Gasteiger partial charge is 0.203 e. The molecule has 0 amide bonds. The first kappa shape index (κ1) is 23.9. The molecule has 0 radical (unpaired) electrons. The van der Waals surface area contributed by atoms with Gasteiger partial charge in [0.15, 0.2) is 16.6 Å². The average molecular weight is 460 g/mol. The summed E-state index contributed by atoms with van der Waals surface area (Å²) in [4.78, 5) is 2.43. The number of hydrogen-bond donors (Lipinski definition) is 2. The van der Waals surface area contributed by atoms with Crippen molar-refractivity contribution in [3.63, 3.8) is 0 Å². The van der Waals surface area contributed by atoms with Gasteiger partial charge in [0.2, 0.25) is 5.75 Å². The molecule has 32 heavy (non-hydrogen) atoms. The summed E-state index contributed by atoms with van der Waals surface area (Å²) in [5, 5.41) is 7.36. The fraction of sp³-hybridized carbons (Fsp3) is 0.458. The van der Waals surface area contributed by atoms with Crippen LogP contribution in [0.4, 0.5) is 5.69 Å². The van der Waals surface area contributed by atoms with E-state index in [1.54, 1.807) is 21.3 Å². The van der Waals surface area contributed by atoms with Crippen molar-refractivity contribution in [1.29, 1.82) is 0 Å². The third-order valence-electron chi connectivity index (χ3n) is 5.48. The molecule has 1 saturated heterocycles. The van der Waals surface area contributed by atoms with Crippen LogP contribution in [0.25, 0.3) is 0 Å². The van der Waals surface area contributed by atoms with Crippen molar-refractivity contribution in [2.45, 2.75) is 32.4 Å². The highest BCUT2D eigenvalue weighted by Gasteiger charge is 2.21. The summed E-state index contributed by atoms with van der Waals surface area (Å²) in [6.07, 6.45) is 2.05. The number of rotatable bonds is 9. The van der Waals surface area contributed by atoms with Crippen molar-refractivity contribution in [3.8, 4) is 23.0 Å². The maximum atomic E-state index is 5.51. The highest BCUT2D eigenvalue weighted by atomic mass is 32.1. The molecule has 2 aromatic carbocycles. The fourth-order valence-electron chi connectivity index (χ4n) is 3.87. The molecule has 0 spiro atoms. The second-order valence-corrected chi connectivity index (χ2v) is 8.05. The number of nitrogens with one attached hydrogen (secondary N) is 2. The van der Waals surface area contributed by atoms with E-state index >= 15 is 0 Å². The second-order valence-electron chi connectivity index (χ2n) is 7.64. The maximum Gasteiger partial charge on any atom is 0.203 e. The molecule has 8 heteroatoms. The molecule has 174 valence electrons. The first-order valence-electron chi connectivity index (χ1n) is 10.9. The Kier molecular flexibility index (Phi) is 8.81. The van der Waals surface area contributed by atoms with E-state index in [9.17, 15) is 0 Å². The van der Waals surface area contributed by atoms with Crippen LogP contribution in [0, 0.1) is 0 Å². The van der Waals surface area contributed by atoms with Crippen molar-refractivity contribution in [3.05, 3.63) is 42.0 Å². The zero-order valence-corrected chi connectivity index (χ0v) is 20.1. The molecule has 1 heterocycles. The predicted octanol–water partition coefficient (Wildman–Crippen LogP) is 4.06. The van der Waals surface area contributed by atoms with E-state index in [-0.39, 0.29) is 0 Å². The standard InChI is InChI=1S/C24H33N3O4S/c1-5-31-20-8-6-18(7-9-20)25-24(32)26-19-10-12-27(13-11-19)16-17-14-21(28-2)23(30-4)22(15-17)29-3/h6-9,14-15,19H,5,10-13,16H2,1-4H3,(H2,25,26,32). The number of ether oxygens (including phenoxy) is 4. The summed E-state index contributed by atoms with van der Waals surface area (Å²) in [7, 11) is 4.90. The summed E-state index contributed by atoms with van der Waals surface area (Å²) in [6.45, 7) is 5.44. The summed E-state index contributed by atoms with van der Waals surface area (Å²) in [5.74, 6) is 2.85. The Bertz CT molecular complexity index is 858. The van der Waals surface area contributed by atoms with Crippen LogP contribution >= 0.6 is 12.2 Å². The molecule has 1 aliphatic rings. The molecule has 0 unspecified atom stereocenters. The monoisotopic (exact) mass is 459 g/mol. The van der Waals surface area contributed by atoms with Gasteiger partial charge in [-0.15, -0.1) is 0 Å². The van der Waals surface area contributed by atoms with Gasteiger partial charge in [0.25, 0.3) is 0 Å². The molecule has 1 fully saturated rings. The highest BCUT2D eigenvalue weighted by Crippen LogP contribution is 2.38. The summed E-state index contributed by atoms with van der Waals surface area (Å²) >= 11 is 5.51. The molecule has 2 N–H and O–H groups in total. The molecule has 0 aliphatic carbocycles. The maximum absolute atomic E-state index is 5.51. The molecular formula is C24H33N3O4S. The van der Waals surface area contributed by atoms with E-state index in [0.29, 0.717) is 35.0 Å². The Morgan fingerprint density at radius 2 is 1.62 bits per heavy atom. The van der Waals surface area contributed by atoms with Crippen LogP contribution in [0.15, 0.2) is 36.4 Å². The van der Waals surface area contributed by atoms with Crippen molar-refractivity contribution < 1.29 is 18.9 Å². The molecule has 0 saturated carbocycles. The van der Waals surface area contributed by atoms with Crippen molar-refractivity contribution >= 4 is 23.0 Å². The highest BCUT2D eigenvalue weighted by molar-refractivity contribution is 7.80. The quantitative estimate of drug-likeness (QED) is 0.545. The van der Waals surface area contributed by atoms with Gasteiger partial charge < -0.3 is 29.6 Å². The van der Waals surface area contributed by atoms with Crippen LogP contribution in [0.1, 0.15) is 25.3 Å². The summed E-state index contributed by atoms with van der Waals surface area (Å²) < 4.78 is 21.8. The number of piperidine rings is 1. The van der Waals surface area contributed by atoms with Gasteiger partial charge in [-0.3, -0.25) is 4.90 Å². The average Bonchev–Trinajstić information content (AvgIpc) is 2.81. The number of benzene rings is 2. The zero-order valence-electron chi connectivity index (χ0n) is 19.3. The lowest BCUT2D eigenvalue weighted by Crippen LogP contribution is -2.45. The molecule has 0 atom stereocenters. The van der Waals surface area contributed by atoms with Gasteiger partial charge in [0.1, 0.15) is 5.75 Å². The SMILES string of the molecule is CCOc1ccc(NC(=S)NC2CCN(Cc3cc(OC)c(OC)c(OC)c3)CC2)cc1. The molecule has 0 bridgehead atoms. The Morgan fingerprint density at radius 1 is 1.00 bits per heavy atom. The number of hydrogen-bond acceptors (Lipinski definition) is 6. The third kappa shape index (κ3) is 6.40. The molecular weight excluding hydrogens is 426 g/mol. The van der Waals surface area contributed by atoms with Gasteiger partial charge in [0, 0.05) is 31.4 Å². The topological polar surface area (TPSA) is 64.2 Å². The largest absolute Gasteiger partial charge is 0.494 e. The van der Waals surface area contributed by atoms with Crippen molar-refractivity contribution in [1.82, 2.24) is 10.2 Å². The van der Waals surface area contributed by atoms with Crippen molar-refractivity contribution in [2.75, 3.05) is 46.3 Å². The number of likely N-dealkylation sites (tertiary alicyclic amines) is 1. The van der Waals surface area contributed by atoms with Crippen LogP contribution in [-0.4, -0.2) is 57.1 Å². The Hall–Kier alpha value is -2.71. The van der Waals surface area contributed by atoms with Crippen LogP contribution in [0.3, 0.4) is 0 Å². The number of methoxy groups -OCH3 is 3. The van der Waals surface area contributed by atoms with E-state index < -0.39 is 0 Å². The van der Waals surface area contributed by atoms with Crippen molar-refractivity contribution in [2.24, 2.45) is 0 Å². The summed E-state index contributed by atoms with van der Waals surface area (Å²) in [6, 6.07) is 12.2. The number of anilines is 1. The van der Waals surface area contributed by atoms with Gasteiger partial charge in [0.05, 0.1) is 27.9 Å². The van der Waals surface area contributed by atoms with Crippen LogP contribution in [0.5, 0.6) is 23.0 Å². The van der Waals surface area contributed by atoms with Crippen LogP contribution in [-0.2, 0) is 6.54 Å². The lowest BCUT2D eigenvalue weighted by molar-refractivity contribution is 0.198. The van der Waals surface area contributed by atoms with E-state index in [2.05, 4.69) is 15.5 Å². The molecule has 0 aromatic heterocycles. The minimum absolute atomic E-state index is 0.355. The zero-order chi connectivity index (χ0) is 22.9. The minimum atomic E-state index is 0.355. The predicted molar refractivity (Wildman–Crippen MR) is 131 cm³/mol. The van der Waals surface area contributed by atoms with E-state index in [1.165, 1.54) is 0 Å². The van der Waals surface area contributed by atoms with E-state index in [4.69, 9.17) is 31.2 Å². The van der Waals surface area contributed by atoms with Crippen LogP contribution in [0.2, 0.25) is 0 Å². The normalized spacial score (nSPS) is 14.5. The fourth-order valence-corrected chi connectivity index (χ4v) is 4.16. The Balaban J connectivity index is 1.48. The number of thiocarbonyl (C=S) groups is 1. The lowest BCUT2D eigenvalue weighted by atomic mass is 10.0. The molecule has 7 nitrogen and oxygen atoms in total. The second kappa shape index (κ2) is 11.8. The van der Waals surface area contributed by atoms with Gasteiger partial charge in [-0.25, -0.2) is 0 Å². The van der Waals surface area contributed by atoms with Gasteiger partial charge in [-0.1, -0.05) is 0 Å². The van der Waals surface area contributed by atoms with Gasteiger partial charge >= 0.3 is 0 Å². The third-order valence-corrected chi connectivity index (χ3v) is 5.70. The van der Waals surface area contributed by atoms with E-state index in [0.717, 1.165) is 49.5 Å². The van der Waals surface area contributed by atoms with E-state index in [1.807, 2.05) is 43.3 Å². The lowest BCUT2D eigenvalue weighted by Gasteiger charge is -2.33. The minimum Gasteiger partial charge on any atom is -0.494 e. The first-order valence-corrected chi connectivity index (χ1v) is 11.3. The Labute approximate surface area is 196 Å². The van der Waals surface area contributed by atoms with Gasteiger partial charge in [-0.2, -0.15) is 0 Å². The Morgan fingerprint density at radius 3 is 2.16 bits per heavy atom. The molecule has 1 aliphatic heterocycles.